The van der Waals surface area contributed by atoms with Crippen LogP contribution in [0.1, 0.15) is 22.9 Å². The van der Waals surface area contributed by atoms with E-state index in [0.717, 1.165) is 39.7 Å². The number of aryl methyl sites for hydroxylation is 1. The third-order valence-electron chi connectivity index (χ3n) is 5.39. The van der Waals surface area contributed by atoms with Gasteiger partial charge in [-0.25, -0.2) is 0 Å². The molecule has 0 aliphatic rings. The SMILES string of the molecule is COc1ccc(C(Nc2ccc(OC)cc2OC)c2c(C)[nH]c3ccccc23)cc1. The van der Waals surface area contributed by atoms with Crippen LogP contribution in [0.5, 0.6) is 17.2 Å². The quantitative estimate of drug-likeness (QED) is 0.416. The second-order valence-electron chi connectivity index (χ2n) is 7.13. The van der Waals surface area contributed by atoms with Gasteiger partial charge in [0.05, 0.1) is 33.1 Å². The van der Waals surface area contributed by atoms with Gasteiger partial charge < -0.3 is 24.5 Å². The standard InChI is InChI=1S/C25H26N2O3/c1-16-24(20-7-5-6-8-21(20)26-16)25(17-9-11-18(28-2)12-10-17)27-22-14-13-19(29-3)15-23(22)30-4/h5-15,25-27H,1-4H3. The van der Waals surface area contributed by atoms with Crippen molar-refractivity contribution in [2.24, 2.45) is 0 Å². The van der Waals surface area contributed by atoms with Crippen molar-refractivity contribution >= 4 is 16.6 Å². The van der Waals surface area contributed by atoms with Crippen molar-refractivity contribution in [3.8, 4) is 17.2 Å². The van der Waals surface area contributed by atoms with Crippen LogP contribution in [0, 0.1) is 6.92 Å². The fourth-order valence-electron chi connectivity index (χ4n) is 3.86. The molecule has 4 aromatic rings. The molecule has 1 aromatic heterocycles. The number of fused-ring (bicyclic) bond motifs is 1. The molecule has 1 unspecified atom stereocenters. The van der Waals surface area contributed by atoms with E-state index in [2.05, 4.69) is 47.6 Å². The maximum absolute atomic E-state index is 5.63. The zero-order chi connectivity index (χ0) is 21.1. The number of para-hydroxylation sites is 1. The highest BCUT2D eigenvalue weighted by Gasteiger charge is 2.22. The highest BCUT2D eigenvalue weighted by Crippen LogP contribution is 2.38. The number of aromatic amines is 1. The Morgan fingerprint density at radius 2 is 1.50 bits per heavy atom. The summed E-state index contributed by atoms with van der Waals surface area (Å²) in [4.78, 5) is 3.52. The van der Waals surface area contributed by atoms with E-state index in [1.165, 1.54) is 10.9 Å². The Morgan fingerprint density at radius 3 is 2.20 bits per heavy atom. The largest absolute Gasteiger partial charge is 0.497 e. The van der Waals surface area contributed by atoms with Crippen molar-refractivity contribution in [3.05, 3.63) is 83.6 Å². The molecule has 0 saturated heterocycles. The maximum Gasteiger partial charge on any atom is 0.145 e. The van der Waals surface area contributed by atoms with Gasteiger partial charge >= 0.3 is 0 Å². The maximum atomic E-state index is 5.63. The molecule has 1 heterocycles. The highest BCUT2D eigenvalue weighted by atomic mass is 16.5. The Balaban J connectivity index is 1.85. The van der Waals surface area contributed by atoms with Crippen molar-refractivity contribution in [1.82, 2.24) is 4.98 Å². The summed E-state index contributed by atoms with van der Waals surface area (Å²) >= 11 is 0. The van der Waals surface area contributed by atoms with Crippen LogP contribution in [-0.4, -0.2) is 26.3 Å². The first-order valence-corrected chi connectivity index (χ1v) is 9.84. The van der Waals surface area contributed by atoms with E-state index >= 15 is 0 Å². The molecule has 5 nitrogen and oxygen atoms in total. The molecule has 0 aliphatic carbocycles. The normalized spacial score (nSPS) is 11.9. The number of rotatable bonds is 7. The van der Waals surface area contributed by atoms with Gasteiger partial charge in [0, 0.05) is 28.2 Å². The van der Waals surface area contributed by atoms with Crippen molar-refractivity contribution in [3.63, 3.8) is 0 Å². The molecule has 0 fully saturated rings. The summed E-state index contributed by atoms with van der Waals surface area (Å²) in [5.41, 5.74) is 5.46. The number of hydrogen-bond donors (Lipinski definition) is 2. The zero-order valence-electron chi connectivity index (χ0n) is 17.7. The van der Waals surface area contributed by atoms with E-state index in [-0.39, 0.29) is 6.04 Å². The van der Waals surface area contributed by atoms with Gasteiger partial charge in [-0.15, -0.1) is 0 Å². The second kappa shape index (κ2) is 8.41. The molecule has 30 heavy (non-hydrogen) atoms. The third kappa shape index (κ3) is 3.66. The molecule has 5 heteroatoms. The number of hydrogen-bond acceptors (Lipinski definition) is 4. The second-order valence-corrected chi connectivity index (χ2v) is 7.13. The zero-order valence-corrected chi connectivity index (χ0v) is 17.7. The third-order valence-corrected chi connectivity index (χ3v) is 5.39. The number of ether oxygens (including phenoxy) is 3. The number of benzene rings is 3. The summed E-state index contributed by atoms with van der Waals surface area (Å²) in [6.45, 7) is 2.11. The van der Waals surface area contributed by atoms with Crippen LogP contribution in [0.2, 0.25) is 0 Å². The number of nitrogens with one attached hydrogen (secondary N) is 2. The number of anilines is 1. The molecule has 1 atom stereocenters. The molecule has 3 aromatic carbocycles. The smallest absolute Gasteiger partial charge is 0.145 e. The predicted octanol–water partition coefficient (Wildman–Crippen LogP) is 5.70. The summed E-state index contributed by atoms with van der Waals surface area (Å²) in [7, 11) is 4.99. The summed E-state index contributed by atoms with van der Waals surface area (Å²) < 4.78 is 16.3. The van der Waals surface area contributed by atoms with Gasteiger partial charge in [-0.3, -0.25) is 0 Å². The Bertz CT molecular complexity index is 1150. The Morgan fingerprint density at radius 1 is 0.800 bits per heavy atom. The van der Waals surface area contributed by atoms with Crippen molar-refractivity contribution < 1.29 is 14.2 Å². The molecule has 0 radical (unpaired) electrons. The molecule has 4 rings (SSSR count). The first-order chi connectivity index (χ1) is 14.6. The van der Waals surface area contributed by atoms with Gasteiger partial charge in [-0.1, -0.05) is 30.3 Å². The van der Waals surface area contributed by atoms with Gasteiger partial charge in [0.25, 0.3) is 0 Å². The molecule has 0 aliphatic heterocycles. The van der Waals surface area contributed by atoms with Crippen molar-refractivity contribution in [1.29, 1.82) is 0 Å². The lowest BCUT2D eigenvalue weighted by molar-refractivity contribution is 0.395. The monoisotopic (exact) mass is 402 g/mol. The van der Waals surface area contributed by atoms with E-state index in [9.17, 15) is 0 Å². The predicted molar refractivity (Wildman–Crippen MR) is 121 cm³/mol. The highest BCUT2D eigenvalue weighted by molar-refractivity contribution is 5.86. The minimum absolute atomic E-state index is 0.0886. The lowest BCUT2D eigenvalue weighted by Gasteiger charge is -2.23. The van der Waals surface area contributed by atoms with Crippen LogP contribution in [0.15, 0.2) is 66.7 Å². The van der Waals surface area contributed by atoms with E-state index in [4.69, 9.17) is 14.2 Å². The minimum Gasteiger partial charge on any atom is -0.497 e. The van der Waals surface area contributed by atoms with Gasteiger partial charge in [-0.05, 0) is 42.8 Å². The Hall–Kier alpha value is -3.60. The van der Waals surface area contributed by atoms with Crippen LogP contribution in [0.4, 0.5) is 5.69 Å². The van der Waals surface area contributed by atoms with Crippen LogP contribution >= 0.6 is 0 Å². The van der Waals surface area contributed by atoms with E-state index in [1.807, 2.05) is 36.4 Å². The Kier molecular flexibility index (Phi) is 5.53. The van der Waals surface area contributed by atoms with Gasteiger partial charge in [-0.2, -0.15) is 0 Å². The van der Waals surface area contributed by atoms with Gasteiger partial charge in [0.1, 0.15) is 17.2 Å². The molecular weight excluding hydrogens is 376 g/mol. The van der Waals surface area contributed by atoms with Crippen LogP contribution in [-0.2, 0) is 0 Å². The number of aromatic nitrogens is 1. The van der Waals surface area contributed by atoms with E-state index in [1.54, 1.807) is 21.3 Å². The Labute approximate surface area is 176 Å². The minimum atomic E-state index is -0.0886. The van der Waals surface area contributed by atoms with Gasteiger partial charge in [0.2, 0.25) is 0 Å². The van der Waals surface area contributed by atoms with Crippen LogP contribution < -0.4 is 19.5 Å². The number of H-pyrrole nitrogens is 1. The lowest BCUT2D eigenvalue weighted by Crippen LogP contribution is -2.14. The molecular formula is C25H26N2O3. The molecule has 0 saturated carbocycles. The fourth-order valence-corrected chi connectivity index (χ4v) is 3.86. The molecule has 0 spiro atoms. The summed E-state index contributed by atoms with van der Waals surface area (Å²) in [6, 6.07) is 22.2. The first-order valence-electron chi connectivity index (χ1n) is 9.84. The molecule has 154 valence electrons. The first kappa shape index (κ1) is 19.7. The molecule has 0 amide bonds. The average Bonchev–Trinajstić information content (AvgIpc) is 3.13. The molecule has 0 bridgehead atoms. The average molecular weight is 402 g/mol. The van der Waals surface area contributed by atoms with E-state index in [0.29, 0.717) is 0 Å². The summed E-state index contributed by atoms with van der Waals surface area (Å²) in [6.07, 6.45) is 0. The summed E-state index contributed by atoms with van der Waals surface area (Å²) in [5, 5.41) is 4.89. The topological polar surface area (TPSA) is 55.5 Å². The van der Waals surface area contributed by atoms with Crippen molar-refractivity contribution in [2.75, 3.05) is 26.6 Å². The summed E-state index contributed by atoms with van der Waals surface area (Å²) in [5.74, 6) is 2.31. The molecule has 2 N–H and O–H groups in total. The van der Waals surface area contributed by atoms with E-state index < -0.39 is 0 Å². The van der Waals surface area contributed by atoms with Crippen LogP contribution in [0.25, 0.3) is 10.9 Å². The fraction of sp³-hybridized carbons (Fsp3) is 0.200. The number of methoxy groups -OCH3 is 3. The van der Waals surface area contributed by atoms with Gasteiger partial charge in [0.15, 0.2) is 0 Å². The van der Waals surface area contributed by atoms with Crippen molar-refractivity contribution in [2.45, 2.75) is 13.0 Å². The van der Waals surface area contributed by atoms with Crippen LogP contribution in [0.3, 0.4) is 0 Å². The lowest BCUT2D eigenvalue weighted by atomic mass is 9.95.